The molecule has 0 aromatic heterocycles. The minimum atomic E-state index is -0.732. The third-order valence-corrected chi connectivity index (χ3v) is 4.94. The van der Waals surface area contributed by atoms with Crippen molar-refractivity contribution < 1.29 is 33.7 Å². The first-order valence-corrected chi connectivity index (χ1v) is 9.54. The Kier molecular flexibility index (Phi) is 7.56. The molecule has 0 bridgehead atoms. The van der Waals surface area contributed by atoms with Gasteiger partial charge in [-0.05, 0) is 33.3 Å². The average Bonchev–Trinajstić information content (AvgIpc) is 2.87. The number of aliphatic hydroxyl groups is 1. The zero-order valence-electron chi connectivity index (χ0n) is 17.3. The van der Waals surface area contributed by atoms with Gasteiger partial charge < -0.3 is 19.3 Å². The summed E-state index contributed by atoms with van der Waals surface area (Å²) in [6.07, 6.45) is 3.68. The smallest absolute Gasteiger partial charge is 0.337 e. The highest BCUT2D eigenvalue weighted by molar-refractivity contribution is 5.92. The number of esters is 3. The summed E-state index contributed by atoms with van der Waals surface area (Å²) in [5.74, 6) is -2.23. The predicted molar refractivity (Wildman–Crippen MR) is 106 cm³/mol. The highest BCUT2D eigenvalue weighted by Crippen LogP contribution is 2.36. The molecule has 1 fully saturated rings. The molecule has 0 saturated carbocycles. The van der Waals surface area contributed by atoms with E-state index < -0.39 is 42.1 Å². The first-order valence-electron chi connectivity index (χ1n) is 9.54. The molecule has 1 saturated heterocycles. The largest absolute Gasteiger partial charge is 0.461 e. The van der Waals surface area contributed by atoms with E-state index in [2.05, 4.69) is 6.58 Å². The highest BCUT2D eigenvalue weighted by atomic mass is 16.6. The number of ether oxygens (including phenoxy) is 3. The summed E-state index contributed by atoms with van der Waals surface area (Å²) < 4.78 is 16.1. The van der Waals surface area contributed by atoms with E-state index in [0.29, 0.717) is 12.8 Å². The fraction of sp³-hybridized carbons (Fsp3) is 0.500. The van der Waals surface area contributed by atoms with Crippen molar-refractivity contribution in [2.45, 2.75) is 58.8 Å². The van der Waals surface area contributed by atoms with Crippen molar-refractivity contribution >= 4 is 17.9 Å². The molecular weight excluding hydrogens is 376 g/mol. The molecule has 0 aromatic carbocycles. The molecule has 29 heavy (non-hydrogen) atoms. The molecule has 158 valence electrons. The summed E-state index contributed by atoms with van der Waals surface area (Å²) in [5, 5.41) is 10.2. The molecule has 0 radical (unpaired) electrons. The van der Waals surface area contributed by atoms with Gasteiger partial charge in [-0.2, -0.15) is 0 Å². The van der Waals surface area contributed by atoms with Gasteiger partial charge >= 0.3 is 17.9 Å². The van der Waals surface area contributed by atoms with Gasteiger partial charge in [0.2, 0.25) is 0 Å². The molecule has 0 aromatic rings. The molecule has 1 N–H and O–H groups in total. The Labute approximate surface area is 170 Å². The molecule has 2 rings (SSSR count). The number of carbonyl (C=O) groups is 3. The lowest BCUT2D eigenvalue weighted by Gasteiger charge is -2.28. The maximum Gasteiger partial charge on any atom is 0.337 e. The Bertz CT molecular complexity index is 787. The van der Waals surface area contributed by atoms with Crippen LogP contribution in [0.3, 0.4) is 0 Å². The van der Waals surface area contributed by atoms with Crippen LogP contribution in [0.4, 0.5) is 0 Å². The SMILES string of the molecule is C=C1C(=O)OC2C=C(C)CC(O)C=C(C)CC(OC(=O)C(=CC)COC(C)=O)C12. The van der Waals surface area contributed by atoms with Gasteiger partial charge in [0.1, 0.15) is 18.8 Å². The number of hydrogen-bond acceptors (Lipinski definition) is 7. The first-order chi connectivity index (χ1) is 13.6. The van der Waals surface area contributed by atoms with Crippen molar-refractivity contribution in [2.24, 2.45) is 5.92 Å². The van der Waals surface area contributed by atoms with Crippen LogP contribution in [0, 0.1) is 5.92 Å². The fourth-order valence-corrected chi connectivity index (χ4v) is 3.53. The number of allylic oxidation sites excluding steroid dienone is 1. The predicted octanol–water partition coefficient (Wildman–Crippen LogP) is 2.55. The van der Waals surface area contributed by atoms with E-state index in [1.807, 2.05) is 13.8 Å². The molecule has 0 amide bonds. The quantitative estimate of drug-likeness (QED) is 0.333. The van der Waals surface area contributed by atoms with Gasteiger partial charge in [0, 0.05) is 18.9 Å². The van der Waals surface area contributed by atoms with Crippen molar-refractivity contribution in [3.05, 3.63) is 47.1 Å². The molecule has 4 unspecified atom stereocenters. The maximum atomic E-state index is 12.7. The second kappa shape index (κ2) is 9.69. The van der Waals surface area contributed by atoms with E-state index in [1.165, 1.54) is 13.0 Å². The standard InChI is InChI=1S/C22H28O7/c1-6-16(11-27-15(5)23)22(26)29-19-10-13(3)8-17(24)7-12(2)9-18-20(19)14(4)21(25)28-18/h6,8-9,17-20,24H,4,7,10-11H2,1-3,5H3. The molecule has 7 heteroatoms. The normalized spacial score (nSPS) is 28.0. The molecule has 1 aliphatic heterocycles. The molecule has 1 heterocycles. The van der Waals surface area contributed by atoms with Crippen LogP contribution >= 0.6 is 0 Å². The van der Waals surface area contributed by atoms with E-state index in [1.54, 1.807) is 19.1 Å². The monoisotopic (exact) mass is 404 g/mol. The van der Waals surface area contributed by atoms with E-state index in [9.17, 15) is 19.5 Å². The van der Waals surface area contributed by atoms with Crippen LogP contribution in [0.5, 0.6) is 0 Å². The number of carbonyl (C=O) groups excluding carboxylic acids is 3. The Morgan fingerprint density at radius 2 is 1.93 bits per heavy atom. The number of hydrogen-bond donors (Lipinski definition) is 1. The molecule has 1 aliphatic carbocycles. The average molecular weight is 404 g/mol. The van der Waals surface area contributed by atoms with Crippen LogP contribution in [0.2, 0.25) is 0 Å². The van der Waals surface area contributed by atoms with Crippen LogP contribution in [0.15, 0.2) is 47.1 Å². The van der Waals surface area contributed by atoms with Crippen molar-refractivity contribution in [3.8, 4) is 0 Å². The van der Waals surface area contributed by atoms with E-state index in [4.69, 9.17) is 14.2 Å². The second-order valence-electron chi connectivity index (χ2n) is 7.46. The lowest BCUT2D eigenvalue weighted by Crippen LogP contribution is -2.34. The van der Waals surface area contributed by atoms with Crippen molar-refractivity contribution in [1.82, 2.24) is 0 Å². The summed E-state index contributed by atoms with van der Waals surface area (Å²) in [4.78, 5) is 35.9. The van der Waals surface area contributed by atoms with E-state index in [-0.39, 0.29) is 17.8 Å². The van der Waals surface area contributed by atoms with Crippen molar-refractivity contribution in [1.29, 1.82) is 0 Å². The van der Waals surface area contributed by atoms with Crippen LogP contribution in [0.25, 0.3) is 0 Å². The zero-order chi connectivity index (χ0) is 21.7. The number of aliphatic hydroxyl groups excluding tert-OH is 1. The number of fused-ring (bicyclic) bond motifs is 1. The van der Waals surface area contributed by atoms with Gasteiger partial charge in [-0.3, -0.25) is 4.79 Å². The highest BCUT2D eigenvalue weighted by Gasteiger charge is 2.44. The maximum absolute atomic E-state index is 12.7. The van der Waals surface area contributed by atoms with Gasteiger partial charge in [-0.25, -0.2) is 9.59 Å². The lowest BCUT2D eigenvalue weighted by molar-refractivity contribution is -0.148. The number of rotatable bonds is 4. The van der Waals surface area contributed by atoms with Gasteiger partial charge in [-0.1, -0.05) is 29.9 Å². The molecule has 0 spiro atoms. The van der Waals surface area contributed by atoms with Crippen molar-refractivity contribution in [3.63, 3.8) is 0 Å². The van der Waals surface area contributed by atoms with Crippen LogP contribution in [-0.4, -0.2) is 47.9 Å². The van der Waals surface area contributed by atoms with Crippen LogP contribution in [0.1, 0.15) is 40.5 Å². The summed E-state index contributed by atoms with van der Waals surface area (Å²) in [7, 11) is 0. The van der Waals surface area contributed by atoms with Gasteiger partial charge in [-0.15, -0.1) is 0 Å². The minimum Gasteiger partial charge on any atom is -0.461 e. The minimum absolute atomic E-state index is 0.193. The van der Waals surface area contributed by atoms with Gasteiger partial charge in [0.25, 0.3) is 0 Å². The Morgan fingerprint density at radius 3 is 2.55 bits per heavy atom. The molecule has 7 nitrogen and oxygen atoms in total. The Hall–Kier alpha value is -2.67. The Morgan fingerprint density at radius 1 is 1.28 bits per heavy atom. The third kappa shape index (κ3) is 5.90. The topological polar surface area (TPSA) is 99.1 Å². The lowest BCUT2D eigenvalue weighted by atomic mass is 9.85. The van der Waals surface area contributed by atoms with Gasteiger partial charge in [0.05, 0.1) is 17.6 Å². The van der Waals surface area contributed by atoms with Gasteiger partial charge in [0.15, 0.2) is 0 Å². The molecule has 4 atom stereocenters. The van der Waals surface area contributed by atoms with Crippen molar-refractivity contribution in [2.75, 3.05) is 6.61 Å². The second-order valence-corrected chi connectivity index (χ2v) is 7.46. The first kappa shape index (κ1) is 22.6. The zero-order valence-corrected chi connectivity index (χ0v) is 17.3. The van der Waals surface area contributed by atoms with Crippen LogP contribution < -0.4 is 0 Å². The molecular formula is C22H28O7. The summed E-state index contributed by atoms with van der Waals surface area (Å²) in [6, 6.07) is 0. The molecule has 2 aliphatic rings. The third-order valence-electron chi connectivity index (χ3n) is 4.94. The Balaban J connectivity index is 2.34. The van der Waals surface area contributed by atoms with Crippen LogP contribution in [-0.2, 0) is 28.6 Å². The summed E-state index contributed by atoms with van der Waals surface area (Å²) in [6.45, 7) is 10.2. The summed E-state index contributed by atoms with van der Waals surface area (Å²) in [5.41, 5.74) is 2.11. The van der Waals surface area contributed by atoms with E-state index >= 15 is 0 Å². The fourth-order valence-electron chi connectivity index (χ4n) is 3.53. The van der Waals surface area contributed by atoms with E-state index in [0.717, 1.165) is 11.1 Å². The summed E-state index contributed by atoms with van der Waals surface area (Å²) >= 11 is 0.